The van der Waals surface area contributed by atoms with Gasteiger partial charge in [0.1, 0.15) is 11.6 Å². The molecule has 0 aromatic carbocycles. The molecule has 73 valence electrons. The highest BCUT2D eigenvalue weighted by Gasteiger charge is 2.08. The second-order valence-corrected chi connectivity index (χ2v) is 3.06. The first kappa shape index (κ1) is 9.25. The lowest BCUT2D eigenvalue weighted by Crippen LogP contribution is -1.98. The molecule has 2 rings (SSSR count). The van der Waals surface area contributed by atoms with Crippen molar-refractivity contribution in [2.75, 3.05) is 0 Å². The minimum Gasteiger partial charge on any atom is -0.390 e. The number of aliphatic hydroxyl groups excluding tert-OH is 2. The zero-order chi connectivity index (χ0) is 10.1. The molecule has 0 saturated carbocycles. The third-order valence-electron chi connectivity index (χ3n) is 1.68. The maximum atomic E-state index is 8.87. The zero-order valence-electron chi connectivity index (χ0n) is 7.08. The lowest BCUT2D eigenvalue weighted by atomic mass is 10.4. The van der Waals surface area contributed by atoms with E-state index in [1.807, 2.05) is 0 Å². The molecule has 0 aliphatic heterocycles. The Hall–Kier alpha value is -1.31. The van der Waals surface area contributed by atoms with Crippen LogP contribution in [-0.4, -0.2) is 29.8 Å². The van der Waals surface area contributed by atoms with E-state index in [0.29, 0.717) is 16.5 Å². The summed E-state index contributed by atoms with van der Waals surface area (Å²) in [5, 5.41) is 22.0. The van der Waals surface area contributed by atoms with Crippen LogP contribution in [0.5, 0.6) is 0 Å². The topological polar surface area (TPSA) is 83.5 Å². The smallest absolute Gasteiger partial charge is 0.254 e. The lowest BCUT2D eigenvalue weighted by Gasteiger charge is -1.97. The van der Waals surface area contributed by atoms with Crippen molar-refractivity contribution in [3.05, 3.63) is 17.6 Å². The maximum Gasteiger partial charge on any atom is 0.254 e. The second kappa shape index (κ2) is 3.45. The molecule has 0 amide bonds. The van der Waals surface area contributed by atoms with Crippen LogP contribution in [0.4, 0.5) is 0 Å². The Bertz CT molecular complexity index is 470. The number of nitrogens with zero attached hydrogens (tertiary/aromatic N) is 4. The van der Waals surface area contributed by atoms with Crippen LogP contribution >= 0.6 is 12.6 Å². The Morgan fingerprint density at radius 2 is 2.07 bits per heavy atom. The number of fused-ring (bicyclic) bond motifs is 1. The quantitative estimate of drug-likeness (QED) is 0.664. The van der Waals surface area contributed by atoms with Crippen molar-refractivity contribution in [1.29, 1.82) is 0 Å². The van der Waals surface area contributed by atoms with Gasteiger partial charge in [-0.25, -0.2) is 4.98 Å². The maximum absolute atomic E-state index is 8.87. The third-order valence-corrected chi connectivity index (χ3v) is 1.97. The Labute approximate surface area is 84.7 Å². The SMILES string of the molecule is OCc1cc([S])n2nc(CO)nc2n1. The summed E-state index contributed by atoms with van der Waals surface area (Å²) < 4.78 is 1.35. The molecule has 2 N–H and O–H groups in total. The van der Waals surface area contributed by atoms with Crippen LogP contribution in [0.25, 0.3) is 5.78 Å². The summed E-state index contributed by atoms with van der Waals surface area (Å²) in [7, 11) is 0. The first-order valence-corrected chi connectivity index (χ1v) is 4.29. The van der Waals surface area contributed by atoms with E-state index in [-0.39, 0.29) is 19.0 Å². The summed E-state index contributed by atoms with van der Waals surface area (Å²) in [4.78, 5) is 7.90. The second-order valence-electron chi connectivity index (χ2n) is 2.64. The van der Waals surface area contributed by atoms with E-state index < -0.39 is 0 Å². The minimum absolute atomic E-state index is 0.193. The molecule has 0 unspecified atom stereocenters. The molecule has 0 bridgehead atoms. The van der Waals surface area contributed by atoms with Gasteiger partial charge in [0.05, 0.1) is 12.3 Å². The normalized spacial score (nSPS) is 11.0. The summed E-state index contributed by atoms with van der Waals surface area (Å²) in [6.07, 6.45) is 0. The van der Waals surface area contributed by atoms with Crippen LogP contribution in [0.15, 0.2) is 11.1 Å². The molecular formula is C7H7N4O2S. The van der Waals surface area contributed by atoms with E-state index in [0.717, 1.165) is 0 Å². The van der Waals surface area contributed by atoms with Gasteiger partial charge in [0.15, 0.2) is 5.82 Å². The summed E-state index contributed by atoms with van der Waals surface area (Å²) in [5.74, 6) is 0.560. The van der Waals surface area contributed by atoms with Gasteiger partial charge < -0.3 is 10.2 Å². The van der Waals surface area contributed by atoms with Crippen molar-refractivity contribution in [2.24, 2.45) is 0 Å². The average molecular weight is 211 g/mol. The molecular weight excluding hydrogens is 204 g/mol. The van der Waals surface area contributed by atoms with Gasteiger partial charge in [-0.3, -0.25) is 0 Å². The van der Waals surface area contributed by atoms with Crippen LogP contribution in [-0.2, 0) is 13.2 Å². The standard InChI is InChI=1S/C7H7N4O2S/c12-2-4-1-6(14)11-7(8-4)9-5(3-13)10-11/h1,12-13H,2-3H2. The summed E-state index contributed by atoms with van der Waals surface area (Å²) in [6, 6.07) is 1.54. The van der Waals surface area contributed by atoms with Gasteiger partial charge in [-0.15, -0.1) is 5.10 Å². The monoisotopic (exact) mass is 211 g/mol. The fraction of sp³-hybridized carbons (Fsp3) is 0.286. The first-order chi connectivity index (χ1) is 6.74. The van der Waals surface area contributed by atoms with Gasteiger partial charge >= 0.3 is 0 Å². The molecule has 0 atom stereocenters. The van der Waals surface area contributed by atoms with Crippen LogP contribution in [0.1, 0.15) is 11.5 Å². The first-order valence-electron chi connectivity index (χ1n) is 3.89. The Morgan fingerprint density at radius 3 is 2.71 bits per heavy atom. The average Bonchev–Trinajstić information content (AvgIpc) is 2.61. The van der Waals surface area contributed by atoms with Crippen LogP contribution in [0.3, 0.4) is 0 Å². The van der Waals surface area contributed by atoms with E-state index in [9.17, 15) is 0 Å². The minimum atomic E-state index is -0.257. The predicted molar refractivity (Wildman–Crippen MR) is 48.5 cm³/mol. The van der Waals surface area contributed by atoms with Gasteiger partial charge in [0.2, 0.25) is 0 Å². The highest BCUT2D eigenvalue weighted by Crippen LogP contribution is 2.10. The third kappa shape index (κ3) is 1.41. The molecule has 2 aromatic heterocycles. The van der Waals surface area contributed by atoms with Gasteiger partial charge in [-0.2, -0.15) is 9.50 Å². The molecule has 0 fully saturated rings. The van der Waals surface area contributed by atoms with E-state index in [2.05, 4.69) is 15.1 Å². The van der Waals surface area contributed by atoms with Gasteiger partial charge in [0, 0.05) is 0 Å². The number of aromatic nitrogens is 4. The number of hydrogen-bond acceptors (Lipinski definition) is 5. The van der Waals surface area contributed by atoms with E-state index >= 15 is 0 Å². The fourth-order valence-electron chi connectivity index (χ4n) is 1.08. The molecule has 2 aromatic rings. The molecule has 7 heteroatoms. The molecule has 0 aliphatic rings. The molecule has 1 radical (unpaired) electrons. The number of aliphatic hydroxyl groups is 2. The molecule has 2 heterocycles. The van der Waals surface area contributed by atoms with Gasteiger partial charge in [-0.1, -0.05) is 12.6 Å². The highest BCUT2D eigenvalue weighted by atomic mass is 32.1. The molecule has 0 spiro atoms. The highest BCUT2D eigenvalue weighted by molar-refractivity contribution is 7.80. The van der Waals surface area contributed by atoms with Crippen molar-refractivity contribution in [3.8, 4) is 0 Å². The van der Waals surface area contributed by atoms with Gasteiger partial charge in [0.25, 0.3) is 5.78 Å². The van der Waals surface area contributed by atoms with Crippen LogP contribution < -0.4 is 0 Å². The van der Waals surface area contributed by atoms with E-state index in [4.69, 9.17) is 22.8 Å². The summed E-state index contributed by atoms with van der Waals surface area (Å²) in [5.41, 5.74) is 0.444. The Morgan fingerprint density at radius 1 is 1.29 bits per heavy atom. The number of rotatable bonds is 2. The lowest BCUT2D eigenvalue weighted by molar-refractivity contribution is 0.271. The van der Waals surface area contributed by atoms with Crippen molar-refractivity contribution < 1.29 is 10.2 Å². The van der Waals surface area contributed by atoms with Crippen LogP contribution in [0.2, 0.25) is 0 Å². The predicted octanol–water partition coefficient (Wildman–Crippen LogP) is -0.335. The fourth-order valence-corrected chi connectivity index (χ4v) is 1.34. The van der Waals surface area contributed by atoms with E-state index in [1.54, 1.807) is 0 Å². The van der Waals surface area contributed by atoms with Crippen molar-refractivity contribution in [3.63, 3.8) is 0 Å². The van der Waals surface area contributed by atoms with Crippen LogP contribution in [0, 0.1) is 0 Å². The Kier molecular flexibility index (Phi) is 2.28. The molecule has 14 heavy (non-hydrogen) atoms. The zero-order valence-corrected chi connectivity index (χ0v) is 7.90. The summed E-state index contributed by atoms with van der Waals surface area (Å²) >= 11 is 5.00. The summed E-state index contributed by atoms with van der Waals surface area (Å²) in [6.45, 7) is -0.450. The molecule has 0 saturated heterocycles. The van der Waals surface area contributed by atoms with Gasteiger partial charge in [-0.05, 0) is 6.07 Å². The van der Waals surface area contributed by atoms with E-state index in [1.165, 1.54) is 10.6 Å². The molecule has 6 nitrogen and oxygen atoms in total. The number of hydrogen-bond donors (Lipinski definition) is 2. The van der Waals surface area contributed by atoms with Crippen molar-refractivity contribution in [2.45, 2.75) is 18.2 Å². The molecule has 0 aliphatic carbocycles. The van der Waals surface area contributed by atoms with Crippen molar-refractivity contribution >= 4 is 18.4 Å². The van der Waals surface area contributed by atoms with Crippen molar-refractivity contribution in [1.82, 2.24) is 19.6 Å². The largest absolute Gasteiger partial charge is 0.390 e. The Balaban J connectivity index is 2.67.